The molecule has 0 saturated heterocycles. The third kappa shape index (κ3) is 3.93. The zero-order valence-corrected chi connectivity index (χ0v) is 10.5. The minimum atomic E-state index is -0.170. The highest BCUT2D eigenvalue weighted by Crippen LogP contribution is 2.13. The van der Waals surface area contributed by atoms with E-state index in [4.69, 9.17) is 0 Å². The van der Waals surface area contributed by atoms with Gasteiger partial charge in [-0.1, -0.05) is 38.8 Å². The first-order chi connectivity index (χ1) is 7.67. The molecule has 1 atom stereocenters. The summed E-state index contributed by atoms with van der Waals surface area (Å²) in [5.74, 6) is 0.553. The van der Waals surface area contributed by atoms with Gasteiger partial charge in [0.25, 0.3) is 0 Å². The van der Waals surface area contributed by atoms with Gasteiger partial charge in [0.05, 0.1) is 0 Å². The predicted octanol–water partition coefficient (Wildman–Crippen LogP) is 3.74. The van der Waals surface area contributed by atoms with E-state index < -0.39 is 0 Å². The van der Waals surface area contributed by atoms with E-state index in [0.29, 0.717) is 6.04 Å². The number of halogens is 1. The minimum absolute atomic E-state index is 0.170. The molecule has 90 valence electrons. The second-order valence-electron chi connectivity index (χ2n) is 4.37. The highest BCUT2D eigenvalue weighted by atomic mass is 19.1. The fourth-order valence-electron chi connectivity index (χ4n) is 2.04. The van der Waals surface area contributed by atoms with Crippen molar-refractivity contribution in [3.63, 3.8) is 0 Å². The first kappa shape index (κ1) is 13.2. The molecule has 0 spiro atoms. The monoisotopic (exact) mass is 223 g/mol. The number of rotatable bonds is 6. The molecule has 0 aliphatic rings. The highest BCUT2D eigenvalue weighted by Gasteiger charge is 2.12. The second-order valence-corrected chi connectivity index (χ2v) is 4.37. The van der Waals surface area contributed by atoms with Crippen molar-refractivity contribution in [2.24, 2.45) is 5.92 Å². The normalized spacial score (nSPS) is 13.1. The van der Waals surface area contributed by atoms with Crippen LogP contribution in [-0.4, -0.2) is 6.04 Å². The van der Waals surface area contributed by atoms with Crippen LogP contribution in [0.4, 0.5) is 4.39 Å². The molecule has 0 amide bonds. The van der Waals surface area contributed by atoms with Gasteiger partial charge >= 0.3 is 0 Å². The SMILES string of the molecule is CCC(CC)C(C)NCc1ccc(F)cc1. The Morgan fingerprint density at radius 3 is 2.19 bits per heavy atom. The predicted molar refractivity (Wildman–Crippen MR) is 66.8 cm³/mol. The lowest BCUT2D eigenvalue weighted by Crippen LogP contribution is -2.32. The second kappa shape index (κ2) is 6.64. The molecule has 16 heavy (non-hydrogen) atoms. The van der Waals surface area contributed by atoms with Gasteiger partial charge in [0.1, 0.15) is 5.82 Å². The molecule has 1 nitrogen and oxygen atoms in total. The molecular formula is C14H22FN. The van der Waals surface area contributed by atoms with Gasteiger partial charge in [0.2, 0.25) is 0 Å². The Hall–Kier alpha value is -0.890. The summed E-state index contributed by atoms with van der Waals surface area (Å²) in [5, 5.41) is 3.50. The smallest absolute Gasteiger partial charge is 0.123 e. The minimum Gasteiger partial charge on any atom is -0.310 e. The summed E-state index contributed by atoms with van der Waals surface area (Å²) in [4.78, 5) is 0. The van der Waals surface area contributed by atoms with Crippen molar-refractivity contribution >= 4 is 0 Å². The van der Waals surface area contributed by atoms with Gasteiger partial charge in [0, 0.05) is 12.6 Å². The van der Waals surface area contributed by atoms with Crippen LogP contribution in [0.15, 0.2) is 24.3 Å². The number of hydrogen-bond acceptors (Lipinski definition) is 1. The third-order valence-electron chi connectivity index (χ3n) is 3.30. The summed E-state index contributed by atoms with van der Waals surface area (Å²) >= 11 is 0. The van der Waals surface area contributed by atoms with Crippen molar-refractivity contribution in [2.75, 3.05) is 0 Å². The molecule has 1 N–H and O–H groups in total. The summed E-state index contributed by atoms with van der Waals surface area (Å²) < 4.78 is 12.7. The van der Waals surface area contributed by atoms with Crippen LogP contribution in [0.5, 0.6) is 0 Å². The quantitative estimate of drug-likeness (QED) is 0.774. The molecule has 0 saturated carbocycles. The van der Waals surface area contributed by atoms with Crippen LogP contribution in [0.25, 0.3) is 0 Å². The van der Waals surface area contributed by atoms with E-state index in [1.165, 1.54) is 25.0 Å². The van der Waals surface area contributed by atoms with E-state index in [9.17, 15) is 4.39 Å². The zero-order chi connectivity index (χ0) is 12.0. The molecule has 0 fully saturated rings. The van der Waals surface area contributed by atoms with Crippen molar-refractivity contribution in [2.45, 2.75) is 46.2 Å². The lowest BCUT2D eigenvalue weighted by molar-refractivity contribution is 0.353. The van der Waals surface area contributed by atoms with Crippen LogP contribution < -0.4 is 5.32 Å². The van der Waals surface area contributed by atoms with Gasteiger partial charge in [-0.25, -0.2) is 4.39 Å². The standard InChI is InChI=1S/C14H22FN/c1-4-13(5-2)11(3)16-10-12-6-8-14(15)9-7-12/h6-9,11,13,16H,4-5,10H2,1-3H3. The summed E-state index contributed by atoms with van der Waals surface area (Å²) in [6.45, 7) is 7.49. The first-order valence-electron chi connectivity index (χ1n) is 6.15. The Morgan fingerprint density at radius 1 is 1.12 bits per heavy atom. The summed E-state index contributed by atoms with van der Waals surface area (Å²) in [6.07, 6.45) is 2.40. The Morgan fingerprint density at radius 2 is 1.69 bits per heavy atom. The molecule has 1 aromatic carbocycles. The van der Waals surface area contributed by atoms with E-state index in [-0.39, 0.29) is 5.82 Å². The topological polar surface area (TPSA) is 12.0 Å². The molecule has 0 aliphatic carbocycles. The molecule has 0 radical (unpaired) electrons. The summed E-state index contributed by atoms with van der Waals surface area (Å²) in [6, 6.07) is 7.21. The van der Waals surface area contributed by atoms with Gasteiger partial charge in [-0.15, -0.1) is 0 Å². The van der Waals surface area contributed by atoms with Gasteiger partial charge in [-0.2, -0.15) is 0 Å². The Kier molecular flexibility index (Phi) is 5.47. The summed E-state index contributed by atoms with van der Waals surface area (Å²) in [5.41, 5.74) is 1.14. The van der Waals surface area contributed by atoms with Crippen molar-refractivity contribution < 1.29 is 4.39 Å². The Balaban J connectivity index is 2.42. The van der Waals surface area contributed by atoms with Crippen molar-refractivity contribution in [1.82, 2.24) is 5.32 Å². The van der Waals surface area contributed by atoms with Gasteiger partial charge in [-0.05, 0) is 30.5 Å². The number of benzene rings is 1. The maximum atomic E-state index is 12.7. The third-order valence-corrected chi connectivity index (χ3v) is 3.30. The van der Waals surface area contributed by atoms with Crippen LogP contribution >= 0.6 is 0 Å². The maximum absolute atomic E-state index is 12.7. The van der Waals surface area contributed by atoms with E-state index in [0.717, 1.165) is 18.0 Å². The molecule has 0 heterocycles. The molecule has 1 unspecified atom stereocenters. The molecular weight excluding hydrogens is 201 g/mol. The Labute approximate surface area is 98.1 Å². The van der Waals surface area contributed by atoms with Crippen LogP contribution in [0.1, 0.15) is 39.2 Å². The van der Waals surface area contributed by atoms with E-state index in [1.54, 1.807) is 0 Å². The van der Waals surface area contributed by atoms with Crippen LogP contribution in [0.2, 0.25) is 0 Å². The van der Waals surface area contributed by atoms with Gasteiger partial charge in [-0.3, -0.25) is 0 Å². The fraction of sp³-hybridized carbons (Fsp3) is 0.571. The lowest BCUT2D eigenvalue weighted by Gasteiger charge is -2.22. The lowest BCUT2D eigenvalue weighted by atomic mass is 9.95. The van der Waals surface area contributed by atoms with Crippen molar-refractivity contribution in [3.8, 4) is 0 Å². The molecule has 0 bridgehead atoms. The fourth-order valence-corrected chi connectivity index (χ4v) is 2.04. The van der Waals surface area contributed by atoms with Crippen LogP contribution in [0.3, 0.4) is 0 Å². The van der Waals surface area contributed by atoms with Crippen molar-refractivity contribution in [1.29, 1.82) is 0 Å². The number of nitrogens with one attached hydrogen (secondary N) is 1. The van der Waals surface area contributed by atoms with Crippen molar-refractivity contribution in [3.05, 3.63) is 35.6 Å². The average Bonchev–Trinajstić information content (AvgIpc) is 2.30. The molecule has 1 aromatic rings. The zero-order valence-electron chi connectivity index (χ0n) is 10.5. The summed E-state index contributed by atoms with van der Waals surface area (Å²) in [7, 11) is 0. The van der Waals surface area contributed by atoms with Crippen LogP contribution in [0, 0.1) is 11.7 Å². The van der Waals surface area contributed by atoms with E-state index >= 15 is 0 Å². The highest BCUT2D eigenvalue weighted by molar-refractivity contribution is 5.15. The molecule has 0 aromatic heterocycles. The van der Waals surface area contributed by atoms with E-state index in [2.05, 4.69) is 26.1 Å². The molecule has 1 rings (SSSR count). The van der Waals surface area contributed by atoms with Gasteiger partial charge in [0.15, 0.2) is 0 Å². The van der Waals surface area contributed by atoms with Gasteiger partial charge < -0.3 is 5.32 Å². The average molecular weight is 223 g/mol. The maximum Gasteiger partial charge on any atom is 0.123 e. The number of hydrogen-bond donors (Lipinski definition) is 1. The van der Waals surface area contributed by atoms with Crippen LogP contribution in [-0.2, 0) is 6.54 Å². The molecule has 2 heteroatoms. The largest absolute Gasteiger partial charge is 0.310 e. The Bertz CT molecular complexity index is 290. The van der Waals surface area contributed by atoms with E-state index in [1.807, 2.05) is 12.1 Å². The first-order valence-corrected chi connectivity index (χ1v) is 6.15. The molecule has 0 aliphatic heterocycles.